The fraction of sp³-hybridized carbons (Fsp3) is 0.300. The van der Waals surface area contributed by atoms with Crippen molar-refractivity contribution in [2.45, 2.75) is 12.5 Å². The van der Waals surface area contributed by atoms with Crippen molar-refractivity contribution >= 4 is 23.0 Å². The Labute approximate surface area is 103 Å². The lowest BCUT2D eigenvalue weighted by atomic mass is 10.1. The molecule has 1 aromatic rings. The Morgan fingerprint density at radius 3 is 2.44 bits per heavy atom. The number of hydrogen-bond acceptors (Lipinski definition) is 4. The topological polar surface area (TPSA) is 89.8 Å². The van der Waals surface area contributed by atoms with Gasteiger partial charge in [-0.1, -0.05) is 6.07 Å². The first-order chi connectivity index (χ1) is 7.04. The maximum Gasteiger partial charge on any atom is 0.321 e. The van der Waals surface area contributed by atoms with Crippen LogP contribution in [0.2, 0.25) is 0 Å². The van der Waals surface area contributed by atoms with E-state index in [0.29, 0.717) is 5.56 Å². The monoisotopic (exact) mass is 291 g/mol. The summed E-state index contributed by atoms with van der Waals surface area (Å²) in [5.41, 5.74) is 0.645. The molecule has 5 nitrogen and oxygen atoms in total. The molecule has 0 heterocycles. The SMILES string of the molecule is Br.CNC(Cc1ccc(O)c(O)c1)C(=O)O. The van der Waals surface area contributed by atoms with Crippen LogP contribution in [0.4, 0.5) is 0 Å². The van der Waals surface area contributed by atoms with E-state index in [-0.39, 0.29) is 34.9 Å². The van der Waals surface area contributed by atoms with Gasteiger partial charge in [-0.3, -0.25) is 4.79 Å². The predicted molar refractivity (Wildman–Crippen MR) is 64.3 cm³/mol. The van der Waals surface area contributed by atoms with E-state index in [1.54, 1.807) is 13.1 Å². The van der Waals surface area contributed by atoms with Gasteiger partial charge in [0.15, 0.2) is 11.5 Å². The Kier molecular flexibility index (Phi) is 5.84. The van der Waals surface area contributed by atoms with Gasteiger partial charge in [0, 0.05) is 0 Å². The third kappa shape index (κ3) is 3.71. The first kappa shape index (κ1) is 14.7. The number of carboxylic acid groups (broad SMARTS) is 1. The quantitative estimate of drug-likeness (QED) is 0.619. The van der Waals surface area contributed by atoms with Gasteiger partial charge < -0.3 is 20.6 Å². The summed E-state index contributed by atoms with van der Waals surface area (Å²) in [6.45, 7) is 0. The summed E-state index contributed by atoms with van der Waals surface area (Å²) in [6.07, 6.45) is 0.250. The van der Waals surface area contributed by atoms with Gasteiger partial charge in [-0.05, 0) is 31.2 Å². The molecule has 0 bridgehead atoms. The molecule has 0 radical (unpaired) electrons. The molecule has 0 fully saturated rings. The second kappa shape index (κ2) is 6.34. The van der Waals surface area contributed by atoms with Crippen LogP contribution in [0.25, 0.3) is 0 Å². The summed E-state index contributed by atoms with van der Waals surface area (Å²) in [5, 5.41) is 29.7. The number of carboxylic acids is 1. The molecule has 1 unspecified atom stereocenters. The molecule has 0 aliphatic rings. The van der Waals surface area contributed by atoms with Crippen LogP contribution in [-0.4, -0.2) is 34.4 Å². The normalized spacial score (nSPS) is 11.6. The molecule has 0 aliphatic carbocycles. The number of benzene rings is 1. The van der Waals surface area contributed by atoms with Gasteiger partial charge in [-0.2, -0.15) is 0 Å². The highest BCUT2D eigenvalue weighted by Gasteiger charge is 2.15. The maximum atomic E-state index is 10.7. The average molecular weight is 292 g/mol. The second-order valence-electron chi connectivity index (χ2n) is 3.21. The van der Waals surface area contributed by atoms with Crippen molar-refractivity contribution < 1.29 is 20.1 Å². The first-order valence-corrected chi connectivity index (χ1v) is 4.45. The minimum Gasteiger partial charge on any atom is -0.504 e. The van der Waals surface area contributed by atoms with Gasteiger partial charge in [0.1, 0.15) is 6.04 Å². The van der Waals surface area contributed by atoms with Crippen molar-refractivity contribution in [1.29, 1.82) is 0 Å². The molecule has 90 valence electrons. The average Bonchev–Trinajstić information content (AvgIpc) is 2.19. The molecule has 0 spiro atoms. The Morgan fingerprint density at radius 1 is 1.38 bits per heavy atom. The molecule has 0 aliphatic heterocycles. The zero-order chi connectivity index (χ0) is 11.4. The standard InChI is InChI=1S/C10H13NO4.BrH/c1-11-7(10(14)15)4-6-2-3-8(12)9(13)5-6;/h2-3,5,7,11-13H,4H2,1H3,(H,14,15);1H. The largest absolute Gasteiger partial charge is 0.504 e. The summed E-state index contributed by atoms with van der Waals surface area (Å²) >= 11 is 0. The van der Waals surface area contributed by atoms with E-state index < -0.39 is 12.0 Å². The number of halogens is 1. The third-order valence-electron chi connectivity index (χ3n) is 2.13. The number of phenolic OH excluding ortho intramolecular Hbond substituents is 2. The number of nitrogens with one attached hydrogen (secondary N) is 1. The van der Waals surface area contributed by atoms with Gasteiger partial charge in [0.25, 0.3) is 0 Å². The van der Waals surface area contributed by atoms with Gasteiger partial charge in [0.05, 0.1) is 0 Å². The van der Waals surface area contributed by atoms with E-state index in [0.717, 1.165) is 0 Å². The summed E-state index contributed by atoms with van der Waals surface area (Å²) in [7, 11) is 1.55. The lowest BCUT2D eigenvalue weighted by Gasteiger charge is -2.11. The van der Waals surface area contributed by atoms with Crippen LogP contribution in [0.5, 0.6) is 11.5 Å². The molecule has 0 saturated heterocycles. The van der Waals surface area contributed by atoms with Crippen molar-refractivity contribution in [3.63, 3.8) is 0 Å². The highest BCUT2D eigenvalue weighted by molar-refractivity contribution is 8.93. The van der Waals surface area contributed by atoms with E-state index in [9.17, 15) is 9.90 Å². The number of aliphatic carboxylic acids is 1. The molecule has 4 N–H and O–H groups in total. The molecule has 0 aromatic heterocycles. The molecule has 1 aromatic carbocycles. The molecule has 16 heavy (non-hydrogen) atoms. The van der Waals surface area contributed by atoms with Crippen LogP contribution in [0.3, 0.4) is 0 Å². The van der Waals surface area contributed by atoms with E-state index in [2.05, 4.69) is 5.32 Å². The lowest BCUT2D eigenvalue weighted by molar-refractivity contribution is -0.139. The van der Waals surface area contributed by atoms with E-state index in [1.807, 2.05) is 0 Å². The van der Waals surface area contributed by atoms with Crippen molar-refractivity contribution in [2.75, 3.05) is 7.05 Å². The zero-order valence-corrected chi connectivity index (χ0v) is 10.4. The first-order valence-electron chi connectivity index (χ1n) is 4.45. The summed E-state index contributed by atoms with van der Waals surface area (Å²) < 4.78 is 0. The number of phenols is 2. The Morgan fingerprint density at radius 2 is 2.00 bits per heavy atom. The van der Waals surface area contributed by atoms with Crippen LogP contribution in [-0.2, 0) is 11.2 Å². The van der Waals surface area contributed by atoms with E-state index in [1.165, 1.54) is 12.1 Å². The lowest BCUT2D eigenvalue weighted by Crippen LogP contribution is -2.35. The van der Waals surface area contributed by atoms with Crippen molar-refractivity contribution in [2.24, 2.45) is 0 Å². The number of rotatable bonds is 4. The van der Waals surface area contributed by atoms with E-state index in [4.69, 9.17) is 10.2 Å². The van der Waals surface area contributed by atoms with Crippen LogP contribution in [0.1, 0.15) is 5.56 Å². The minimum absolute atomic E-state index is 0. The third-order valence-corrected chi connectivity index (χ3v) is 2.13. The van der Waals surface area contributed by atoms with Crippen molar-refractivity contribution in [3.8, 4) is 11.5 Å². The molecular weight excluding hydrogens is 278 g/mol. The fourth-order valence-electron chi connectivity index (χ4n) is 1.24. The van der Waals surface area contributed by atoms with Crippen molar-refractivity contribution in [3.05, 3.63) is 23.8 Å². The summed E-state index contributed by atoms with van der Waals surface area (Å²) in [5.74, 6) is -1.41. The molecule has 1 rings (SSSR count). The summed E-state index contributed by atoms with van der Waals surface area (Å²) in [6, 6.07) is 3.55. The van der Waals surface area contributed by atoms with Crippen LogP contribution >= 0.6 is 17.0 Å². The Balaban J connectivity index is 0.00000225. The highest BCUT2D eigenvalue weighted by atomic mass is 79.9. The number of aromatic hydroxyl groups is 2. The van der Waals surface area contributed by atoms with Gasteiger partial charge >= 0.3 is 5.97 Å². The Bertz CT molecular complexity index is 370. The number of carbonyl (C=O) groups is 1. The molecule has 6 heteroatoms. The van der Waals surface area contributed by atoms with Crippen LogP contribution in [0, 0.1) is 0 Å². The van der Waals surface area contributed by atoms with Crippen LogP contribution < -0.4 is 5.32 Å². The molecule has 1 atom stereocenters. The minimum atomic E-state index is -0.954. The molecule has 0 amide bonds. The fourth-order valence-corrected chi connectivity index (χ4v) is 1.24. The smallest absolute Gasteiger partial charge is 0.321 e. The maximum absolute atomic E-state index is 10.7. The zero-order valence-electron chi connectivity index (χ0n) is 8.67. The molecule has 0 saturated carbocycles. The Hall–Kier alpha value is -1.27. The van der Waals surface area contributed by atoms with Crippen molar-refractivity contribution in [1.82, 2.24) is 5.32 Å². The van der Waals surface area contributed by atoms with Gasteiger partial charge in [-0.25, -0.2) is 0 Å². The van der Waals surface area contributed by atoms with Gasteiger partial charge in [0.2, 0.25) is 0 Å². The highest BCUT2D eigenvalue weighted by Crippen LogP contribution is 2.25. The number of hydrogen-bond donors (Lipinski definition) is 4. The van der Waals surface area contributed by atoms with E-state index >= 15 is 0 Å². The number of likely N-dealkylation sites (N-methyl/N-ethyl adjacent to an activating group) is 1. The summed E-state index contributed by atoms with van der Waals surface area (Å²) in [4.78, 5) is 10.7. The predicted octanol–water partition coefficient (Wildman–Crippen LogP) is 0.891. The van der Waals surface area contributed by atoms with Gasteiger partial charge in [-0.15, -0.1) is 17.0 Å². The second-order valence-corrected chi connectivity index (χ2v) is 3.21. The molecular formula is C10H14BrNO4. The van der Waals surface area contributed by atoms with Crippen LogP contribution in [0.15, 0.2) is 18.2 Å².